The van der Waals surface area contributed by atoms with Crippen LogP contribution in [0.25, 0.3) is 0 Å². The predicted molar refractivity (Wildman–Crippen MR) is 94.3 cm³/mol. The van der Waals surface area contributed by atoms with Crippen molar-refractivity contribution in [3.63, 3.8) is 0 Å². The van der Waals surface area contributed by atoms with Crippen LogP contribution in [0.5, 0.6) is 11.5 Å². The van der Waals surface area contributed by atoms with Gasteiger partial charge in [-0.3, -0.25) is 4.79 Å². The smallest absolute Gasteiger partial charge is 0.341 e. The van der Waals surface area contributed by atoms with Crippen LogP contribution in [-0.4, -0.2) is 48.2 Å². The van der Waals surface area contributed by atoms with Gasteiger partial charge >= 0.3 is 5.97 Å². The summed E-state index contributed by atoms with van der Waals surface area (Å²) in [5, 5.41) is 8.75. The lowest BCUT2D eigenvalue weighted by atomic mass is 9.85. The van der Waals surface area contributed by atoms with Crippen LogP contribution in [-0.2, 0) is 4.79 Å². The Labute approximate surface area is 148 Å². The zero-order valence-corrected chi connectivity index (χ0v) is 15.2. The lowest BCUT2D eigenvalue weighted by Gasteiger charge is -2.23. The molecule has 0 bridgehead atoms. The molecule has 1 aliphatic rings. The quantitative estimate of drug-likeness (QED) is 0.853. The van der Waals surface area contributed by atoms with Gasteiger partial charge in [-0.15, -0.1) is 0 Å². The lowest BCUT2D eigenvalue weighted by molar-refractivity contribution is -0.139. The Morgan fingerprint density at radius 3 is 2.60 bits per heavy atom. The molecule has 6 heteroatoms. The number of carbonyl (C=O) groups excluding carboxylic acids is 1. The molecule has 0 radical (unpaired) electrons. The van der Waals surface area contributed by atoms with Crippen molar-refractivity contribution in [3.05, 3.63) is 23.8 Å². The third-order valence-electron chi connectivity index (χ3n) is 4.47. The average Bonchev–Trinajstić information content (AvgIpc) is 2.74. The van der Waals surface area contributed by atoms with E-state index in [4.69, 9.17) is 14.6 Å². The van der Waals surface area contributed by atoms with Crippen molar-refractivity contribution < 1.29 is 24.2 Å². The highest BCUT2D eigenvalue weighted by Gasteiger charge is 2.26. The number of rotatable bonds is 6. The molecule has 2 rings (SSSR count). The molecule has 0 aromatic heterocycles. The second-order valence-electron chi connectivity index (χ2n) is 7.09. The first kappa shape index (κ1) is 19.1. The van der Waals surface area contributed by atoms with Crippen molar-refractivity contribution in [2.75, 3.05) is 26.3 Å². The molecule has 1 aromatic carbocycles. The third-order valence-corrected chi connectivity index (χ3v) is 4.47. The molecule has 1 aromatic rings. The van der Waals surface area contributed by atoms with Gasteiger partial charge in [0.2, 0.25) is 0 Å². The summed E-state index contributed by atoms with van der Waals surface area (Å²) < 4.78 is 10.7. The van der Waals surface area contributed by atoms with Crippen LogP contribution in [0.15, 0.2) is 18.2 Å². The van der Waals surface area contributed by atoms with Crippen LogP contribution in [0.1, 0.15) is 50.4 Å². The van der Waals surface area contributed by atoms with E-state index in [0.29, 0.717) is 23.7 Å². The number of carbonyl (C=O) groups is 2. The van der Waals surface area contributed by atoms with E-state index in [2.05, 4.69) is 13.8 Å². The fourth-order valence-electron chi connectivity index (χ4n) is 2.98. The molecule has 1 amide bonds. The van der Waals surface area contributed by atoms with E-state index in [1.54, 1.807) is 18.2 Å². The first-order chi connectivity index (χ1) is 11.8. The molecule has 6 nitrogen and oxygen atoms in total. The summed E-state index contributed by atoms with van der Waals surface area (Å²) >= 11 is 0. The first-order valence-corrected chi connectivity index (χ1v) is 8.73. The fourth-order valence-corrected chi connectivity index (χ4v) is 2.98. The average molecular weight is 349 g/mol. The Bertz CT molecular complexity index is 626. The van der Waals surface area contributed by atoms with Gasteiger partial charge in [-0.2, -0.15) is 0 Å². The van der Waals surface area contributed by atoms with Gasteiger partial charge in [0.15, 0.2) is 18.1 Å². The monoisotopic (exact) mass is 349 g/mol. The largest absolute Gasteiger partial charge is 0.490 e. The summed E-state index contributed by atoms with van der Waals surface area (Å²) in [6.45, 7) is 7.75. The normalized spacial score (nSPS) is 16.8. The molecule has 0 saturated carbocycles. The molecular formula is C19H27NO5. The number of likely N-dealkylation sites (tertiary alicyclic amines) is 1. The van der Waals surface area contributed by atoms with E-state index in [0.717, 1.165) is 32.4 Å². The molecule has 25 heavy (non-hydrogen) atoms. The second-order valence-corrected chi connectivity index (χ2v) is 7.09. The number of carboxylic acid groups (broad SMARTS) is 1. The van der Waals surface area contributed by atoms with Crippen LogP contribution < -0.4 is 9.47 Å². The summed E-state index contributed by atoms with van der Waals surface area (Å²) in [5.41, 5.74) is 0.797. The molecule has 1 saturated heterocycles. The number of benzene rings is 1. The molecule has 1 fully saturated rings. The molecule has 1 N–H and O–H groups in total. The number of nitrogens with zero attached hydrogens (tertiary/aromatic N) is 1. The molecule has 0 aliphatic carbocycles. The van der Waals surface area contributed by atoms with Crippen molar-refractivity contribution in [1.82, 2.24) is 4.90 Å². The molecular weight excluding hydrogens is 322 g/mol. The zero-order valence-electron chi connectivity index (χ0n) is 15.2. The Balaban J connectivity index is 2.16. The van der Waals surface area contributed by atoms with Crippen molar-refractivity contribution in [1.29, 1.82) is 0 Å². The minimum absolute atomic E-state index is 0.0246. The second kappa shape index (κ2) is 8.23. The van der Waals surface area contributed by atoms with Crippen LogP contribution in [0, 0.1) is 5.41 Å². The van der Waals surface area contributed by atoms with Crippen molar-refractivity contribution >= 4 is 11.9 Å². The van der Waals surface area contributed by atoms with Crippen LogP contribution >= 0.6 is 0 Å². The molecule has 1 heterocycles. The van der Waals surface area contributed by atoms with Gasteiger partial charge in [-0.1, -0.05) is 13.8 Å². The summed E-state index contributed by atoms with van der Waals surface area (Å²) in [6, 6.07) is 4.90. The van der Waals surface area contributed by atoms with Crippen LogP contribution in [0.2, 0.25) is 0 Å². The van der Waals surface area contributed by atoms with E-state index in [9.17, 15) is 9.59 Å². The third kappa shape index (κ3) is 5.37. The number of ether oxygens (including phenoxy) is 2. The van der Waals surface area contributed by atoms with E-state index >= 15 is 0 Å². The minimum atomic E-state index is -1.06. The van der Waals surface area contributed by atoms with Gasteiger partial charge in [0, 0.05) is 18.7 Å². The standard InChI is InChI=1S/C19H27NO5/c1-4-24-16-12-14(6-7-15(16)25-13-17(21)22)18(23)20-10-5-8-19(2,3)9-11-20/h6-7,12H,4-5,8-11,13H2,1-3H3,(H,21,22). The van der Waals surface area contributed by atoms with Gasteiger partial charge in [-0.25, -0.2) is 4.79 Å². The van der Waals surface area contributed by atoms with Crippen LogP contribution in [0.3, 0.4) is 0 Å². The zero-order chi connectivity index (χ0) is 18.4. The van der Waals surface area contributed by atoms with Crippen molar-refractivity contribution in [2.45, 2.75) is 40.0 Å². The van der Waals surface area contributed by atoms with E-state index in [-0.39, 0.29) is 11.3 Å². The maximum absolute atomic E-state index is 12.8. The Morgan fingerprint density at radius 1 is 1.16 bits per heavy atom. The highest BCUT2D eigenvalue weighted by molar-refractivity contribution is 5.95. The summed E-state index contributed by atoms with van der Waals surface area (Å²) in [7, 11) is 0. The molecule has 0 spiro atoms. The van der Waals surface area contributed by atoms with Crippen LogP contribution in [0.4, 0.5) is 0 Å². The van der Waals surface area contributed by atoms with Gasteiger partial charge in [0.25, 0.3) is 5.91 Å². The summed E-state index contributed by atoms with van der Waals surface area (Å²) in [5.74, 6) is -0.360. The highest BCUT2D eigenvalue weighted by atomic mass is 16.5. The first-order valence-electron chi connectivity index (χ1n) is 8.73. The predicted octanol–water partition coefficient (Wildman–Crippen LogP) is 3.20. The molecule has 138 valence electrons. The number of carboxylic acids is 1. The maximum Gasteiger partial charge on any atom is 0.341 e. The molecule has 1 aliphatic heterocycles. The van der Waals surface area contributed by atoms with Crippen molar-refractivity contribution in [3.8, 4) is 11.5 Å². The number of aliphatic carboxylic acids is 1. The van der Waals surface area contributed by atoms with E-state index in [1.165, 1.54) is 0 Å². The topological polar surface area (TPSA) is 76.1 Å². The number of hydrogen-bond acceptors (Lipinski definition) is 4. The lowest BCUT2D eigenvalue weighted by Crippen LogP contribution is -2.32. The molecule has 0 atom stereocenters. The van der Waals surface area contributed by atoms with Gasteiger partial charge < -0.3 is 19.5 Å². The van der Waals surface area contributed by atoms with E-state index < -0.39 is 12.6 Å². The molecule has 0 unspecified atom stereocenters. The SMILES string of the molecule is CCOc1cc(C(=O)N2CCCC(C)(C)CC2)ccc1OCC(=O)O. The van der Waals surface area contributed by atoms with Gasteiger partial charge in [0.1, 0.15) is 0 Å². The fraction of sp³-hybridized carbons (Fsp3) is 0.579. The summed E-state index contributed by atoms with van der Waals surface area (Å²) in [6.07, 6.45) is 3.09. The Morgan fingerprint density at radius 2 is 1.92 bits per heavy atom. The van der Waals surface area contributed by atoms with Gasteiger partial charge in [-0.05, 0) is 49.8 Å². The minimum Gasteiger partial charge on any atom is -0.490 e. The van der Waals surface area contributed by atoms with Crippen molar-refractivity contribution in [2.24, 2.45) is 5.41 Å². The summed E-state index contributed by atoms with van der Waals surface area (Å²) in [4.78, 5) is 25.4. The maximum atomic E-state index is 12.8. The Hall–Kier alpha value is -2.24. The highest BCUT2D eigenvalue weighted by Crippen LogP contribution is 2.32. The van der Waals surface area contributed by atoms with E-state index in [1.807, 2.05) is 11.8 Å². The van der Waals surface area contributed by atoms with Gasteiger partial charge in [0.05, 0.1) is 6.61 Å². The number of amides is 1. The Kier molecular flexibility index (Phi) is 6.28. The number of hydrogen-bond donors (Lipinski definition) is 1.